The molecule has 100 valence electrons. The van der Waals surface area contributed by atoms with Crippen molar-refractivity contribution in [3.8, 4) is 0 Å². The Morgan fingerprint density at radius 1 is 1.39 bits per heavy atom. The lowest BCUT2D eigenvalue weighted by atomic mass is 9.90. The van der Waals surface area contributed by atoms with Crippen LogP contribution in [0.3, 0.4) is 0 Å². The van der Waals surface area contributed by atoms with Crippen LogP contribution in [0.1, 0.15) is 25.3 Å². The first-order chi connectivity index (χ1) is 8.72. The number of aliphatic hydroxyl groups excluding tert-OH is 1. The number of rotatable bonds is 5. The monoisotopic (exact) mass is 248 g/mol. The molecule has 1 aromatic rings. The predicted molar refractivity (Wildman–Crippen MR) is 74.5 cm³/mol. The summed E-state index contributed by atoms with van der Waals surface area (Å²) in [6.45, 7) is 4.40. The van der Waals surface area contributed by atoms with E-state index in [0.29, 0.717) is 6.04 Å². The second kappa shape index (κ2) is 5.83. The predicted octanol–water partition coefficient (Wildman–Crippen LogP) is 1.58. The Kier molecular flexibility index (Phi) is 4.38. The van der Waals surface area contributed by atoms with Gasteiger partial charge in [-0.15, -0.1) is 0 Å². The first kappa shape index (κ1) is 13.5. The van der Waals surface area contributed by atoms with Crippen molar-refractivity contribution in [2.45, 2.75) is 31.3 Å². The summed E-state index contributed by atoms with van der Waals surface area (Å²) in [7, 11) is 1.93. The van der Waals surface area contributed by atoms with Gasteiger partial charge in [-0.25, -0.2) is 0 Å². The summed E-state index contributed by atoms with van der Waals surface area (Å²) >= 11 is 0. The van der Waals surface area contributed by atoms with Crippen molar-refractivity contribution >= 4 is 0 Å². The lowest BCUT2D eigenvalue weighted by molar-refractivity contribution is 0.109. The molecule has 0 spiro atoms. The fourth-order valence-electron chi connectivity index (χ4n) is 2.87. The summed E-state index contributed by atoms with van der Waals surface area (Å²) in [5.41, 5.74) is 0.814. The minimum atomic E-state index is -0.347. The van der Waals surface area contributed by atoms with E-state index in [2.05, 4.69) is 29.3 Å². The maximum Gasteiger partial charge on any atom is 0.0795 e. The van der Waals surface area contributed by atoms with Crippen LogP contribution >= 0.6 is 0 Å². The van der Waals surface area contributed by atoms with Crippen LogP contribution in [0.5, 0.6) is 0 Å². The van der Waals surface area contributed by atoms with Gasteiger partial charge < -0.3 is 10.4 Å². The maximum absolute atomic E-state index is 9.89. The molecule has 0 bridgehead atoms. The normalized spacial score (nSPS) is 24.1. The van der Waals surface area contributed by atoms with Crippen molar-refractivity contribution in [2.24, 2.45) is 0 Å². The summed E-state index contributed by atoms with van der Waals surface area (Å²) in [4.78, 5) is 2.47. The van der Waals surface area contributed by atoms with Gasteiger partial charge >= 0.3 is 0 Å². The molecule has 1 aromatic carbocycles. The first-order valence-electron chi connectivity index (χ1n) is 6.81. The zero-order valence-corrected chi connectivity index (χ0v) is 11.4. The molecule has 1 aliphatic heterocycles. The van der Waals surface area contributed by atoms with Gasteiger partial charge in [-0.3, -0.25) is 4.90 Å². The number of likely N-dealkylation sites (N-methyl/N-ethyl adjacent to an activating group) is 1. The van der Waals surface area contributed by atoms with Gasteiger partial charge in [0.2, 0.25) is 0 Å². The van der Waals surface area contributed by atoms with E-state index in [9.17, 15) is 5.11 Å². The SMILES string of the molecule is CNC(CO)(CN1CCCC1C)c1ccccc1. The molecule has 1 aliphatic rings. The number of benzene rings is 1. The molecule has 2 unspecified atom stereocenters. The van der Waals surface area contributed by atoms with E-state index in [-0.39, 0.29) is 12.1 Å². The molecule has 0 amide bonds. The molecule has 0 aliphatic carbocycles. The number of hydrogen-bond donors (Lipinski definition) is 2. The van der Waals surface area contributed by atoms with Gasteiger partial charge in [0.05, 0.1) is 12.1 Å². The maximum atomic E-state index is 9.89. The van der Waals surface area contributed by atoms with E-state index >= 15 is 0 Å². The van der Waals surface area contributed by atoms with Crippen LogP contribution in [0, 0.1) is 0 Å². The summed E-state index contributed by atoms with van der Waals surface area (Å²) < 4.78 is 0. The van der Waals surface area contributed by atoms with Crippen LogP contribution in [0.2, 0.25) is 0 Å². The molecular weight excluding hydrogens is 224 g/mol. The van der Waals surface area contributed by atoms with Crippen molar-refractivity contribution in [1.82, 2.24) is 10.2 Å². The van der Waals surface area contributed by atoms with E-state index in [1.165, 1.54) is 12.8 Å². The minimum absolute atomic E-state index is 0.122. The zero-order chi connectivity index (χ0) is 13.0. The molecule has 3 nitrogen and oxygen atoms in total. The van der Waals surface area contributed by atoms with Crippen LogP contribution in [0.15, 0.2) is 30.3 Å². The third-order valence-electron chi connectivity index (χ3n) is 4.24. The van der Waals surface area contributed by atoms with E-state index < -0.39 is 0 Å². The standard InChI is InChI=1S/C15H24N2O/c1-13-7-6-10-17(13)11-15(12-18,16-2)14-8-4-3-5-9-14/h3-5,8-9,13,16,18H,6-7,10-12H2,1-2H3. The molecule has 0 saturated carbocycles. The van der Waals surface area contributed by atoms with Crippen LogP contribution < -0.4 is 5.32 Å². The molecular formula is C15H24N2O. The fourth-order valence-corrected chi connectivity index (χ4v) is 2.87. The molecule has 2 atom stereocenters. The third kappa shape index (κ3) is 2.58. The summed E-state index contributed by atoms with van der Waals surface area (Å²) in [5, 5.41) is 13.2. The zero-order valence-electron chi connectivity index (χ0n) is 11.4. The van der Waals surface area contributed by atoms with Crippen LogP contribution in [0.25, 0.3) is 0 Å². The lowest BCUT2D eigenvalue weighted by Crippen LogP contribution is -2.52. The quantitative estimate of drug-likeness (QED) is 0.830. The highest BCUT2D eigenvalue weighted by Gasteiger charge is 2.34. The molecule has 1 fully saturated rings. The highest BCUT2D eigenvalue weighted by molar-refractivity contribution is 5.25. The van der Waals surface area contributed by atoms with E-state index in [1.807, 2.05) is 25.2 Å². The number of nitrogens with zero attached hydrogens (tertiary/aromatic N) is 1. The van der Waals surface area contributed by atoms with Crippen molar-refractivity contribution in [2.75, 3.05) is 26.7 Å². The van der Waals surface area contributed by atoms with Crippen LogP contribution in [0.4, 0.5) is 0 Å². The molecule has 0 aromatic heterocycles. The van der Waals surface area contributed by atoms with Gasteiger partial charge in [0.1, 0.15) is 0 Å². The molecule has 0 radical (unpaired) electrons. The fraction of sp³-hybridized carbons (Fsp3) is 0.600. The van der Waals surface area contributed by atoms with Gasteiger partial charge in [0.25, 0.3) is 0 Å². The van der Waals surface area contributed by atoms with Crippen LogP contribution in [-0.4, -0.2) is 42.8 Å². The Bertz CT molecular complexity index is 362. The van der Waals surface area contributed by atoms with E-state index in [4.69, 9.17) is 0 Å². The topological polar surface area (TPSA) is 35.5 Å². The average Bonchev–Trinajstić information content (AvgIpc) is 2.82. The summed E-state index contributed by atoms with van der Waals surface area (Å²) in [6, 6.07) is 10.9. The van der Waals surface area contributed by atoms with Gasteiger partial charge in [0.15, 0.2) is 0 Å². The van der Waals surface area contributed by atoms with Gasteiger partial charge in [-0.2, -0.15) is 0 Å². The smallest absolute Gasteiger partial charge is 0.0795 e. The second-order valence-corrected chi connectivity index (χ2v) is 5.32. The number of aliphatic hydroxyl groups is 1. The van der Waals surface area contributed by atoms with E-state index in [0.717, 1.165) is 18.7 Å². The molecule has 2 rings (SSSR count). The second-order valence-electron chi connectivity index (χ2n) is 5.32. The summed E-state index contributed by atoms with van der Waals surface area (Å²) in [5.74, 6) is 0. The molecule has 3 heteroatoms. The molecule has 2 N–H and O–H groups in total. The molecule has 18 heavy (non-hydrogen) atoms. The Hall–Kier alpha value is -0.900. The Morgan fingerprint density at radius 3 is 2.61 bits per heavy atom. The minimum Gasteiger partial charge on any atom is -0.394 e. The van der Waals surface area contributed by atoms with Gasteiger partial charge in [-0.1, -0.05) is 30.3 Å². The number of hydrogen-bond acceptors (Lipinski definition) is 3. The van der Waals surface area contributed by atoms with E-state index in [1.54, 1.807) is 0 Å². The Balaban J connectivity index is 2.21. The van der Waals surface area contributed by atoms with Crippen molar-refractivity contribution in [1.29, 1.82) is 0 Å². The van der Waals surface area contributed by atoms with Crippen molar-refractivity contribution in [3.05, 3.63) is 35.9 Å². The highest BCUT2D eigenvalue weighted by atomic mass is 16.3. The molecule has 1 heterocycles. The third-order valence-corrected chi connectivity index (χ3v) is 4.24. The first-order valence-corrected chi connectivity index (χ1v) is 6.81. The summed E-state index contributed by atoms with van der Waals surface area (Å²) in [6.07, 6.45) is 2.53. The van der Waals surface area contributed by atoms with Crippen molar-refractivity contribution < 1.29 is 5.11 Å². The van der Waals surface area contributed by atoms with Crippen molar-refractivity contribution in [3.63, 3.8) is 0 Å². The molecule has 1 saturated heterocycles. The Morgan fingerprint density at radius 2 is 2.11 bits per heavy atom. The average molecular weight is 248 g/mol. The Labute approximate surface area is 110 Å². The number of nitrogens with one attached hydrogen (secondary N) is 1. The highest BCUT2D eigenvalue weighted by Crippen LogP contribution is 2.26. The van der Waals surface area contributed by atoms with Gasteiger partial charge in [0, 0.05) is 12.6 Å². The van der Waals surface area contributed by atoms with Crippen LogP contribution in [-0.2, 0) is 5.54 Å². The largest absolute Gasteiger partial charge is 0.394 e. The van der Waals surface area contributed by atoms with Gasteiger partial charge in [-0.05, 0) is 38.9 Å². The lowest BCUT2D eigenvalue weighted by Gasteiger charge is -2.37. The number of likely N-dealkylation sites (tertiary alicyclic amines) is 1.